The summed E-state index contributed by atoms with van der Waals surface area (Å²) in [6.07, 6.45) is 6.56. The molecule has 2 aromatic rings. The minimum atomic E-state index is -0.999. The van der Waals surface area contributed by atoms with Gasteiger partial charge in [0.2, 0.25) is 0 Å². The van der Waals surface area contributed by atoms with E-state index in [9.17, 15) is 9.90 Å². The van der Waals surface area contributed by atoms with Crippen molar-refractivity contribution in [3.05, 3.63) is 29.6 Å². The maximum absolute atomic E-state index is 12.8. The predicted octanol–water partition coefficient (Wildman–Crippen LogP) is 4.05. The van der Waals surface area contributed by atoms with E-state index in [0.717, 1.165) is 23.4 Å². The van der Waals surface area contributed by atoms with Crippen LogP contribution in [0.1, 0.15) is 76.0 Å². The molecule has 1 aromatic heterocycles. The Kier molecular flexibility index (Phi) is 5.20. The second kappa shape index (κ2) is 7.40. The van der Waals surface area contributed by atoms with E-state index in [1.807, 2.05) is 18.2 Å². The molecule has 1 amide bonds. The summed E-state index contributed by atoms with van der Waals surface area (Å²) in [5.41, 5.74) is 1.40. The minimum Gasteiger partial charge on any atom is -0.386 e. The summed E-state index contributed by atoms with van der Waals surface area (Å²) in [5, 5.41) is 11.3. The fourth-order valence-corrected chi connectivity index (χ4v) is 4.54. The van der Waals surface area contributed by atoms with E-state index < -0.39 is 5.60 Å². The first-order valence-electron chi connectivity index (χ1n) is 10.8. The number of hydrogen-bond donors (Lipinski definition) is 1. The van der Waals surface area contributed by atoms with Gasteiger partial charge in [0.1, 0.15) is 18.0 Å². The fourth-order valence-electron chi connectivity index (χ4n) is 4.54. The summed E-state index contributed by atoms with van der Waals surface area (Å²) in [7, 11) is 0. The molecule has 2 aliphatic rings. The van der Waals surface area contributed by atoms with Gasteiger partial charge >= 0.3 is 0 Å². The molecule has 2 fully saturated rings. The highest BCUT2D eigenvalue weighted by Gasteiger charge is 2.36. The maximum Gasteiger partial charge on any atom is 0.277 e. The average Bonchev–Trinajstić information content (AvgIpc) is 3.21. The van der Waals surface area contributed by atoms with Gasteiger partial charge in [0.05, 0.1) is 17.6 Å². The number of fused-ring (bicyclic) bond motifs is 1. The molecule has 6 nitrogen and oxygen atoms in total. The molecule has 158 valence electrons. The lowest BCUT2D eigenvalue weighted by Crippen LogP contribution is -2.34. The molecule has 0 spiro atoms. The van der Waals surface area contributed by atoms with Crippen molar-refractivity contribution in [1.82, 2.24) is 14.6 Å². The molecule has 0 radical (unpaired) electrons. The van der Waals surface area contributed by atoms with Gasteiger partial charge in [-0.1, -0.05) is 40.0 Å². The monoisotopic (exact) mass is 399 g/mol. The van der Waals surface area contributed by atoms with Crippen LogP contribution >= 0.6 is 0 Å². The third kappa shape index (κ3) is 4.19. The molecule has 1 aliphatic carbocycles. The van der Waals surface area contributed by atoms with Gasteiger partial charge in [-0.05, 0) is 43.9 Å². The molecule has 1 saturated carbocycles. The SMILES string of the molecule is CC(C)(C)c1nc2cc(C(=O)N3C[C@@](C)(O)CO3)ccc2n1CC1CCCCC1. The number of aromatic nitrogens is 2. The predicted molar refractivity (Wildman–Crippen MR) is 113 cm³/mol. The summed E-state index contributed by atoms with van der Waals surface area (Å²) in [5.74, 6) is 1.54. The first-order valence-corrected chi connectivity index (χ1v) is 10.8. The number of nitrogens with zero attached hydrogens (tertiary/aromatic N) is 3. The van der Waals surface area contributed by atoms with Crippen LogP contribution in [0.4, 0.5) is 0 Å². The van der Waals surface area contributed by atoms with Crippen LogP contribution in [0.15, 0.2) is 18.2 Å². The summed E-state index contributed by atoms with van der Waals surface area (Å²) >= 11 is 0. The lowest BCUT2D eigenvalue weighted by atomic mass is 9.88. The number of hydroxylamine groups is 2. The van der Waals surface area contributed by atoms with E-state index in [1.54, 1.807) is 6.92 Å². The number of rotatable bonds is 3. The van der Waals surface area contributed by atoms with Crippen molar-refractivity contribution >= 4 is 16.9 Å². The number of amides is 1. The van der Waals surface area contributed by atoms with Gasteiger partial charge in [-0.2, -0.15) is 0 Å². The van der Waals surface area contributed by atoms with Crippen molar-refractivity contribution in [1.29, 1.82) is 0 Å². The summed E-state index contributed by atoms with van der Waals surface area (Å²) < 4.78 is 2.37. The van der Waals surface area contributed by atoms with Gasteiger partial charge in [-0.15, -0.1) is 0 Å². The van der Waals surface area contributed by atoms with Crippen molar-refractivity contribution in [2.24, 2.45) is 5.92 Å². The third-order valence-electron chi connectivity index (χ3n) is 6.07. The lowest BCUT2D eigenvalue weighted by molar-refractivity contribution is -0.0797. The Hall–Kier alpha value is -1.92. The van der Waals surface area contributed by atoms with Crippen LogP contribution in [0.25, 0.3) is 11.0 Å². The quantitative estimate of drug-likeness (QED) is 0.845. The molecule has 1 atom stereocenters. The van der Waals surface area contributed by atoms with Crippen LogP contribution in [-0.2, 0) is 16.8 Å². The first kappa shape index (κ1) is 20.4. The Morgan fingerprint density at radius 3 is 2.62 bits per heavy atom. The number of imidazole rings is 1. The standard InChI is InChI=1S/C23H33N3O3/c1-22(2,3)21-24-18-12-17(20(27)26-14-23(4,28)15-29-26)10-11-19(18)25(21)13-16-8-6-5-7-9-16/h10-12,16,28H,5-9,13-15H2,1-4H3/t23-/m1/s1. The van der Waals surface area contributed by atoms with Crippen molar-refractivity contribution in [3.8, 4) is 0 Å². The topological polar surface area (TPSA) is 67.6 Å². The van der Waals surface area contributed by atoms with Gasteiger partial charge in [0, 0.05) is 17.5 Å². The molecule has 1 aromatic carbocycles. The van der Waals surface area contributed by atoms with Crippen LogP contribution in [0.2, 0.25) is 0 Å². The number of hydrogen-bond acceptors (Lipinski definition) is 4. The molecule has 2 heterocycles. The number of carbonyl (C=O) groups excluding carboxylic acids is 1. The molecule has 0 unspecified atom stereocenters. The summed E-state index contributed by atoms with van der Waals surface area (Å²) in [4.78, 5) is 23.2. The Morgan fingerprint density at radius 2 is 2.00 bits per heavy atom. The average molecular weight is 400 g/mol. The molecule has 4 rings (SSSR count). The van der Waals surface area contributed by atoms with Gasteiger partial charge in [0.25, 0.3) is 5.91 Å². The van der Waals surface area contributed by atoms with E-state index in [1.165, 1.54) is 37.2 Å². The zero-order valence-corrected chi connectivity index (χ0v) is 18.1. The summed E-state index contributed by atoms with van der Waals surface area (Å²) in [6, 6.07) is 5.73. The fraction of sp³-hybridized carbons (Fsp3) is 0.652. The van der Waals surface area contributed by atoms with Crippen LogP contribution < -0.4 is 0 Å². The largest absolute Gasteiger partial charge is 0.386 e. The van der Waals surface area contributed by atoms with Crippen molar-refractivity contribution in [2.45, 2.75) is 77.4 Å². The molecule has 1 saturated heterocycles. The van der Waals surface area contributed by atoms with Crippen LogP contribution in [-0.4, -0.2) is 44.4 Å². The normalized spacial score (nSPS) is 23.8. The highest BCUT2D eigenvalue weighted by atomic mass is 16.7. The molecular formula is C23H33N3O3. The molecule has 0 bridgehead atoms. The zero-order valence-electron chi connectivity index (χ0n) is 18.1. The Labute approximate surface area is 172 Å². The number of benzene rings is 1. The van der Waals surface area contributed by atoms with E-state index in [-0.39, 0.29) is 24.5 Å². The Balaban J connectivity index is 1.67. The zero-order chi connectivity index (χ0) is 20.8. The van der Waals surface area contributed by atoms with E-state index in [4.69, 9.17) is 9.82 Å². The van der Waals surface area contributed by atoms with E-state index in [2.05, 4.69) is 25.3 Å². The van der Waals surface area contributed by atoms with Crippen molar-refractivity contribution in [2.75, 3.05) is 13.2 Å². The second-order valence-electron chi connectivity index (χ2n) is 10.1. The first-order chi connectivity index (χ1) is 13.6. The van der Waals surface area contributed by atoms with E-state index in [0.29, 0.717) is 11.5 Å². The highest BCUT2D eigenvalue weighted by molar-refractivity contribution is 5.97. The highest BCUT2D eigenvalue weighted by Crippen LogP contribution is 2.32. The van der Waals surface area contributed by atoms with Gasteiger partial charge in [-0.3, -0.25) is 9.63 Å². The Bertz CT molecular complexity index is 904. The number of carbonyl (C=O) groups is 1. The van der Waals surface area contributed by atoms with E-state index >= 15 is 0 Å². The van der Waals surface area contributed by atoms with Crippen molar-refractivity contribution < 1.29 is 14.7 Å². The van der Waals surface area contributed by atoms with Gasteiger partial charge < -0.3 is 9.67 Å². The summed E-state index contributed by atoms with van der Waals surface area (Å²) in [6.45, 7) is 9.55. The molecule has 29 heavy (non-hydrogen) atoms. The number of aliphatic hydroxyl groups is 1. The smallest absolute Gasteiger partial charge is 0.277 e. The van der Waals surface area contributed by atoms with Crippen molar-refractivity contribution in [3.63, 3.8) is 0 Å². The minimum absolute atomic E-state index is 0.0748. The maximum atomic E-state index is 12.8. The Morgan fingerprint density at radius 1 is 1.28 bits per heavy atom. The number of β-amino-alcohol motifs (C(OH)–C–C–N with tert-alkyl or cyclic N) is 1. The van der Waals surface area contributed by atoms with Gasteiger partial charge in [0.15, 0.2) is 0 Å². The molecule has 1 aliphatic heterocycles. The van der Waals surface area contributed by atoms with Gasteiger partial charge in [-0.25, -0.2) is 10.0 Å². The lowest BCUT2D eigenvalue weighted by Gasteiger charge is -2.26. The second-order valence-corrected chi connectivity index (χ2v) is 10.1. The van der Waals surface area contributed by atoms with Crippen LogP contribution in [0.3, 0.4) is 0 Å². The molecular weight excluding hydrogens is 366 g/mol. The molecule has 1 N–H and O–H groups in total. The molecule has 6 heteroatoms. The third-order valence-corrected chi connectivity index (χ3v) is 6.07. The van der Waals surface area contributed by atoms with Crippen LogP contribution in [0.5, 0.6) is 0 Å². The van der Waals surface area contributed by atoms with Crippen LogP contribution in [0, 0.1) is 5.92 Å².